The van der Waals surface area contributed by atoms with Crippen molar-refractivity contribution in [3.05, 3.63) is 0 Å². The number of ether oxygens (including phenoxy) is 1. The predicted octanol–water partition coefficient (Wildman–Crippen LogP) is 2.48. The lowest BCUT2D eigenvalue weighted by Gasteiger charge is -2.22. The molecule has 0 aliphatic carbocycles. The average molecular weight is 401 g/mol. The van der Waals surface area contributed by atoms with Crippen molar-refractivity contribution in [1.29, 1.82) is 0 Å². The molecule has 114 valence electrons. The van der Waals surface area contributed by atoms with Gasteiger partial charge in [0.25, 0.3) is 0 Å². The quantitative estimate of drug-likeness (QED) is 0.408. The largest absolute Gasteiger partial charge is 0.373 e. The van der Waals surface area contributed by atoms with Crippen molar-refractivity contribution in [2.75, 3.05) is 32.5 Å². The van der Waals surface area contributed by atoms with Crippen molar-refractivity contribution in [3.8, 4) is 0 Å². The molecule has 0 aromatic heterocycles. The summed E-state index contributed by atoms with van der Waals surface area (Å²) in [5.74, 6) is 0.898. The fraction of sp³-hybridized carbons (Fsp3) is 0.923. The van der Waals surface area contributed by atoms with Crippen LogP contribution in [0.25, 0.3) is 0 Å². The van der Waals surface area contributed by atoms with Gasteiger partial charge in [0, 0.05) is 24.9 Å². The Morgan fingerprint density at radius 1 is 1.47 bits per heavy atom. The van der Waals surface area contributed by atoms with E-state index in [1.807, 2.05) is 11.8 Å². The van der Waals surface area contributed by atoms with Crippen LogP contribution in [0.2, 0.25) is 0 Å². The number of thioether (sulfide) groups is 1. The minimum absolute atomic E-state index is 0. The number of aliphatic imine (C=N–C) groups is 1. The summed E-state index contributed by atoms with van der Waals surface area (Å²) >= 11 is 1.86. The Balaban J connectivity index is 0.00000324. The summed E-state index contributed by atoms with van der Waals surface area (Å²) in [7, 11) is 0. The minimum atomic E-state index is -0.0620. The Labute approximate surface area is 138 Å². The number of guanidine groups is 1. The second-order valence-corrected chi connectivity index (χ2v) is 6.30. The molecule has 1 fully saturated rings. The Hall–Kier alpha value is 0.310. The first-order valence-corrected chi connectivity index (χ1v) is 8.07. The van der Waals surface area contributed by atoms with Crippen molar-refractivity contribution < 1.29 is 4.74 Å². The fourth-order valence-electron chi connectivity index (χ4n) is 1.87. The van der Waals surface area contributed by atoms with Gasteiger partial charge in [-0.25, -0.2) is 0 Å². The van der Waals surface area contributed by atoms with E-state index in [-0.39, 0.29) is 29.6 Å². The van der Waals surface area contributed by atoms with E-state index < -0.39 is 0 Å². The van der Waals surface area contributed by atoms with Crippen molar-refractivity contribution in [2.24, 2.45) is 4.99 Å². The average Bonchev–Trinajstić information content (AvgIpc) is 2.79. The molecule has 1 saturated heterocycles. The van der Waals surface area contributed by atoms with Gasteiger partial charge in [-0.05, 0) is 32.9 Å². The van der Waals surface area contributed by atoms with Gasteiger partial charge in [-0.15, -0.1) is 24.0 Å². The zero-order chi connectivity index (χ0) is 13.4. The normalized spacial score (nSPS) is 24.7. The Morgan fingerprint density at radius 2 is 2.21 bits per heavy atom. The zero-order valence-corrected chi connectivity index (χ0v) is 15.6. The summed E-state index contributed by atoms with van der Waals surface area (Å²) in [5, 5.41) is 7.24. The molecular weight excluding hydrogens is 373 g/mol. The lowest BCUT2D eigenvalue weighted by Crippen LogP contribution is -2.41. The SMILES string of the molecule is CCNC(=NCC1(C)CCCO1)NCC(C)SC.I. The maximum atomic E-state index is 5.75. The summed E-state index contributed by atoms with van der Waals surface area (Å²) in [6.45, 7) is 9.88. The zero-order valence-electron chi connectivity index (χ0n) is 12.5. The summed E-state index contributed by atoms with van der Waals surface area (Å²) in [6, 6.07) is 0. The van der Waals surface area contributed by atoms with E-state index in [9.17, 15) is 0 Å². The van der Waals surface area contributed by atoms with E-state index in [2.05, 4.69) is 42.7 Å². The Bertz CT molecular complexity index is 271. The lowest BCUT2D eigenvalue weighted by molar-refractivity contribution is 0.0283. The molecule has 6 heteroatoms. The van der Waals surface area contributed by atoms with Gasteiger partial charge < -0.3 is 15.4 Å². The first-order valence-electron chi connectivity index (χ1n) is 6.78. The Kier molecular flexibility index (Phi) is 10.3. The maximum absolute atomic E-state index is 5.75. The standard InChI is InChI=1S/C13H27N3OS.HI/c1-5-14-12(15-9-11(2)18-4)16-10-13(3)7-6-8-17-13;/h11H,5-10H2,1-4H3,(H2,14,15,16);1H. The molecule has 1 heterocycles. The van der Waals surface area contributed by atoms with Gasteiger partial charge in [-0.1, -0.05) is 6.92 Å². The molecule has 0 spiro atoms. The first kappa shape index (κ1) is 19.3. The number of rotatable bonds is 6. The van der Waals surface area contributed by atoms with Gasteiger partial charge in [-0.2, -0.15) is 11.8 Å². The number of hydrogen-bond donors (Lipinski definition) is 2. The lowest BCUT2D eigenvalue weighted by atomic mass is 10.0. The molecule has 0 aromatic rings. The molecule has 0 bridgehead atoms. The molecule has 2 unspecified atom stereocenters. The molecule has 1 rings (SSSR count). The van der Waals surface area contributed by atoms with Gasteiger partial charge >= 0.3 is 0 Å². The molecule has 0 saturated carbocycles. The van der Waals surface area contributed by atoms with Crippen molar-refractivity contribution in [3.63, 3.8) is 0 Å². The highest BCUT2D eigenvalue weighted by Gasteiger charge is 2.29. The van der Waals surface area contributed by atoms with Gasteiger partial charge in [-0.3, -0.25) is 4.99 Å². The van der Waals surface area contributed by atoms with Crippen LogP contribution in [-0.2, 0) is 4.74 Å². The third-order valence-electron chi connectivity index (χ3n) is 3.18. The smallest absolute Gasteiger partial charge is 0.191 e. The van der Waals surface area contributed by atoms with Gasteiger partial charge in [0.2, 0.25) is 0 Å². The van der Waals surface area contributed by atoms with Crippen LogP contribution in [0.15, 0.2) is 4.99 Å². The van der Waals surface area contributed by atoms with E-state index in [1.54, 1.807) is 0 Å². The monoisotopic (exact) mass is 401 g/mol. The topological polar surface area (TPSA) is 45.7 Å². The highest BCUT2D eigenvalue weighted by Crippen LogP contribution is 2.24. The van der Waals surface area contributed by atoms with Gasteiger partial charge in [0.1, 0.15) is 0 Å². The van der Waals surface area contributed by atoms with E-state index in [4.69, 9.17) is 4.74 Å². The maximum Gasteiger partial charge on any atom is 0.191 e. The highest BCUT2D eigenvalue weighted by molar-refractivity contribution is 14.0. The van der Waals surface area contributed by atoms with E-state index in [1.165, 1.54) is 0 Å². The molecule has 0 aromatic carbocycles. The van der Waals surface area contributed by atoms with Crippen LogP contribution in [0.3, 0.4) is 0 Å². The van der Waals surface area contributed by atoms with Crippen LogP contribution in [-0.4, -0.2) is 49.3 Å². The van der Waals surface area contributed by atoms with E-state index in [0.717, 1.165) is 45.0 Å². The minimum Gasteiger partial charge on any atom is -0.373 e. The van der Waals surface area contributed by atoms with Crippen molar-refractivity contribution in [2.45, 2.75) is 44.5 Å². The van der Waals surface area contributed by atoms with E-state index >= 15 is 0 Å². The van der Waals surface area contributed by atoms with Crippen LogP contribution >= 0.6 is 35.7 Å². The third kappa shape index (κ3) is 7.60. The second-order valence-electron chi connectivity index (χ2n) is 5.02. The highest BCUT2D eigenvalue weighted by atomic mass is 127. The molecule has 1 aliphatic heterocycles. The van der Waals surface area contributed by atoms with Crippen LogP contribution in [0.5, 0.6) is 0 Å². The van der Waals surface area contributed by atoms with Gasteiger partial charge in [0.15, 0.2) is 5.96 Å². The van der Waals surface area contributed by atoms with Crippen LogP contribution in [0, 0.1) is 0 Å². The van der Waals surface area contributed by atoms with Crippen LogP contribution in [0.1, 0.15) is 33.6 Å². The van der Waals surface area contributed by atoms with E-state index in [0.29, 0.717) is 5.25 Å². The molecule has 1 aliphatic rings. The molecule has 2 N–H and O–H groups in total. The molecule has 0 radical (unpaired) electrons. The van der Waals surface area contributed by atoms with Crippen molar-refractivity contribution >= 4 is 41.7 Å². The van der Waals surface area contributed by atoms with Crippen molar-refractivity contribution in [1.82, 2.24) is 10.6 Å². The van der Waals surface area contributed by atoms with Crippen LogP contribution in [0.4, 0.5) is 0 Å². The molecular formula is C13H28IN3OS. The molecule has 2 atom stereocenters. The summed E-state index contributed by atoms with van der Waals surface area (Å²) < 4.78 is 5.75. The molecule has 0 amide bonds. The van der Waals surface area contributed by atoms with Crippen LogP contribution < -0.4 is 10.6 Å². The second kappa shape index (κ2) is 10.1. The number of nitrogens with zero attached hydrogens (tertiary/aromatic N) is 1. The third-order valence-corrected chi connectivity index (χ3v) is 4.15. The van der Waals surface area contributed by atoms with Gasteiger partial charge in [0.05, 0.1) is 12.1 Å². The molecule has 4 nitrogen and oxygen atoms in total. The number of halogens is 1. The summed E-state index contributed by atoms with van der Waals surface area (Å²) in [5.41, 5.74) is -0.0620. The predicted molar refractivity (Wildman–Crippen MR) is 96.0 cm³/mol. The first-order chi connectivity index (χ1) is 8.59. The summed E-state index contributed by atoms with van der Waals surface area (Å²) in [4.78, 5) is 4.63. The fourth-order valence-corrected chi connectivity index (χ4v) is 2.12. The summed E-state index contributed by atoms with van der Waals surface area (Å²) in [6.07, 6.45) is 4.39. The number of nitrogens with one attached hydrogen (secondary N) is 2. The molecule has 19 heavy (non-hydrogen) atoms. The number of hydrogen-bond acceptors (Lipinski definition) is 3. The Morgan fingerprint density at radius 3 is 2.74 bits per heavy atom.